The van der Waals surface area contributed by atoms with Crippen LogP contribution in [-0.4, -0.2) is 19.6 Å². The standard InChI is InChI=1S/C21H15N5OS/c22-21-24-20(28-15-10-5-2-6-11-15)17(14-8-3-1-4-9-14)19-23-18(25-26(19)21)16-12-7-13-27-16/h1-13H,(H2,22,24). The van der Waals surface area contributed by atoms with E-state index < -0.39 is 0 Å². The van der Waals surface area contributed by atoms with Crippen molar-refractivity contribution in [2.75, 3.05) is 5.73 Å². The molecule has 0 saturated carbocycles. The van der Waals surface area contributed by atoms with Crippen molar-refractivity contribution in [2.24, 2.45) is 0 Å². The van der Waals surface area contributed by atoms with Crippen molar-refractivity contribution >= 4 is 23.4 Å². The largest absolute Gasteiger partial charge is 0.461 e. The Morgan fingerprint density at radius 2 is 1.61 bits per heavy atom. The molecule has 28 heavy (non-hydrogen) atoms. The van der Waals surface area contributed by atoms with Gasteiger partial charge >= 0.3 is 0 Å². The van der Waals surface area contributed by atoms with Gasteiger partial charge in [-0.25, -0.2) is 9.97 Å². The Labute approximate surface area is 165 Å². The molecule has 3 heterocycles. The molecule has 136 valence electrons. The van der Waals surface area contributed by atoms with E-state index in [-0.39, 0.29) is 5.95 Å². The molecule has 0 radical (unpaired) electrons. The van der Waals surface area contributed by atoms with Gasteiger partial charge in [-0.15, -0.1) is 5.10 Å². The summed E-state index contributed by atoms with van der Waals surface area (Å²) >= 11 is 1.55. The average Bonchev–Trinajstić information content (AvgIpc) is 3.40. The molecule has 0 amide bonds. The molecule has 0 fully saturated rings. The fourth-order valence-corrected chi connectivity index (χ4v) is 3.95. The van der Waals surface area contributed by atoms with Gasteiger partial charge in [0, 0.05) is 4.90 Å². The van der Waals surface area contributed by atoms with Crippen molar-refractivity contribution in [1.29, 1.82) is 0 Å². The number of hydrogen-bond donors (Lipinski definition) is 1. The fraction of sp³-hybridized carbons (Fsp3) is 0. The summed E-state index contributed by atoms with van der Waals surface area (Å²) in [6.07, 6.45) is 1.59. The van der Waals surface area contributed by atoms with Gasteiger partial charge in [0.2, 0.25) is 11.8 Å². The summed E-state index contributed by atoms with van der Waals surface area (Å²) in [5.41, 5.74) is 8.75. The molecule has 6 nitrogen and oxygen atoms in total. The third kappa shape index (κ3) is 2.91. The quantitative estimate of drug-likeness (QED) is 0.448. The van der Waals surface area contributed by atoms with E-state index in [4.69, 9.17) is 15.1 Å². The normalized spacial score (nSPS) is 11.1. The highest BCUT2D eigenvalue weighted by Crippen LogP contribution is 2.38. The number of nitrogens with zero attached hydrogens (tertiary/aromatic N) is 4. The van der Waals surface area contributed by atoms with Crippen molar-refractivity contribution in [3.63, 3.8) is 0 Å². The highest BCUT2D eigenvalue weighted by atomic mass is 32.2. The molecule has 5 rings (SSSR count). The van der Waals surface area contributed by atoms with Gasteiger partial charge in [-0.05, 0) is 29.8 Å². The Bertz CT molecular complexity index is 1230. The van der Waals surface area contributed by atoms with E-state index in [1.54, 1.807) is 28.6 Å². The second kappa shape index (κ2) is 6.86. The summed E-state index contributed by atoms with van der Waals surface area (Å²) < 4.78 is 7.02. The van der Waals surface area contributed by atoms with Gasteiger partial charge in [0.15, 0.2) is 11.4 Å². The Balaban J connectivity index is 1.76. The van der Waals surface area contributed by atoms with E-state index in [1.165, 1.54) is 0 Å². The number of rotatable bonds is 4. The Morgan fingerprint density at radius 1 is 0.857 bits per heavy atom. The third-order valence-corrected chi connectivity index (χ3v) is 5.24. The molecule has 0 unspecified atom stereocenters. The van der Waals surface area contributed by atoms with Gasteiger partial charge in [-0.1, -0.05) is 60.3 Å². The minimum absolute atomic E-state index is 0.276. The molecular formula is C21H15N5OS. The van der Waals surface area contributed by atoms with Crippen LogP contribution in [0.25, 0.3) is 28.4 Å². The van der Waals surface area contributed by atoms with Gasteiger partial charge in [0.25, 0.3) is 0 Å². The van der Waals surface area contributed by atoms with Crippen molar-refractivity contribution in [3.05, 3.63) is 79.1 Å². The molecule has 0 aliphatic heterocycles. The molecular weight excluding hydrogens is 370 g/mol. The first-order valence-electron chi connectivity index (χ1n) is 8.68. The Kier molecular flexibility index (Phi) is 4.06. The Morgan fingerprint density at radius 3 is 2.32 bits per heavy atom. The molecule has 0 spiro atoms. The SMILES string of the molecule is Nc1nc(Sc2ccccc2)c(-c2ccccc2)c2nc(-c3ccco3)nn12. The number of benzene rings is 2. The van der Waals surface area contributed by atoms with Crippen molar-refractivity contribution in [1.82, 2.24) is 19.6 Å². The molecule has 5 aromatic rings. The van der Waals surface area contributed by atoms with Crippen LogP contribution in [0.2, 0.25) is 0 Å². The number of anilines is 1. The van der Waals surface area contributed by atoms with Crippen LogP contribution in [0.1, 0.15) is 0 Å². The van der Waals surface area contributed by atoms with E-state index >= 15 is 0 Å². The number of aromatic nitrogens is 4. The van der Waals surface area contributed by atoms with E-state index in [2.05, 4.69) is 10.1 Å². The van der Waals surface area contributed by atoms with Crippen LogP contribution in [0.15, 0.2) is 93.4 Å². The minimum Gasteiger partial charge on any atom is -0.461 e. The second-order valence-electron chi connectivity index (χ2n) is 6.08. The number of hydrogen-bond acceptors (Lipinski definition) is 6. The summed E-state index contributed by atoms with van der Waals surface area (Å²) in [6.45, 7) is 0. The highest BCUT2D eigenvalue weighted by molar-refractivity contribution is 7.99. The molecule has 7 heteroatoms. The first-order valence-corrected chi connectivity index (χ1v) is 9.50. The fourth-order valence-electron chi connectivity index (χ4n) is 2.98. The minimum atomic E-state index is 0.276. The summed E-state index contributed by atoms with van der Waals surface area (Å²) in [6, 6.07) is 23.7. The summed E-state index contributed by atoms with van der Waals surface area (Å²) in [5, 5.41) is 5.28. The lowest BCUT2D eigenvalue weighted by Crippen LogP contribution is -2.05. The second-order valence-corrected chi connectivity index (χ2v) is 7.14. The van der Waals surface area contributed by atoms with Crippen LogP contribution >= 0.6 is 11.8 Å². The molecule has 0 bridgehead atoms. The van der Waals surface area contributed by atoms with Crippen LogP contribution in [0.4, 0.5) is 5.95 Å². The number of fused-ring (bicyclic) bond motifs is 1. The summed E-state index contributed by atoms with van der Waals surface area (Å²) in [4.78, 5) is 10.4. The van der Waals surface area contributed by atoms with E-state index in [0.717, 1.165) is 21.0 Å². The smallest absolute Gasteiger partial charge is 0.224 e. The number of nitrogen functional groups attached to an aromatic ring is 1. The lowest BCUT2D eigenvalue weighted by molar-refractivity contribution is 0.577. The zero-order valence-electron chi connectivity index (χ0n) is 14.7. The first kappa shape index (κ1) is 16.6. The molecule has 3 aromatic heterocycles. The van der Waals surface area contributed by atoms with Gasteiger partial charge < -0.3 is 10.2 Å². The van der Waals surface area contributed by atoms with Crippen molar-refractivity contribution < 1.29 is 4.42 Å². The zero-order chi connectivity index (χ0) is 18.9. The summed E-state index contributed by atoms with van der Waals surface area (Å²) in [7, 11) is 0. The van der Waals surface area contributed by atoms with Crippen LogP contribution in [0.3, 0.4) is 0 Å². The van der Waals surface area contributed by atoms with Gasteiger partial charge in [-0.2, -0.15) is 4.52 Å². The predicted octanol–water partition coefficient (Wildman–Crippen LogP) is 4.78. The molecule has 0 aliphatic rings. The van der Waals surface area contributed by atoms with Gasteiger partial charge in [0.1, 0.15) is 5.03 Å². The van der Waals surface area contributed by atoms with Crippen LogP contribution < -0.4 is 5.73 Å². The monoisotopic (exact) mass is 385 g/mol. The molecule has 0 atom stereocenters. The topological polar surface area (TPSA) is 82.2 Å². The lowest BCUT2D eigenvalue weighted by Gasteiger charge is -2.11. The molecule has 2 N–H and O–H groups in total. The molecule has 2 aromatic carbocycles. The molecule has 0 aliphatic carbocycles. The van der Waals surface area contributed by atoms with E-state index in [0.29, 0.717) is 17.2 Å². The lowest BCUT2D eigenvalue weighted by atomic mass is 10.1. The van der Waals surface area contributed by atoms with Crippen molar-refractivity contribution in [2.45, 2.75) is 9.92 Å². The van der Waals surface area contributed by atoms with E-state index in [9.17, 15) is 0 Å². The van der Waals surface area contributed by atoms with Crippen LogP contribution in [0.5, 0.6) is 0 Å². The number of nitrogens with two attached hydrogens (primary N) is 1. The first-order chi connectivity index (χ1) is 13.8. The maximum Gasteiger partial charge on any atom is 0.224 e. The highest BCUT2D eigenvalue weighted by Gasteiger charge is 2.20. The van der Waals surface area contributed by atoms with Gasteiger partial charge in [-0.3, -0.25) is 0 Å². The Hall–Kier alpha value is -3.58. The third-order valence-electron chi connectivity index (χ3n) is 4.24. The van der Waals surface area contributed by atoms with Crippen LogP contribution in [-0.2, 0) is 0 Å². The number of furan rings is 1. The average molecular weight is 385 g/mol. The van der Waals surface area contributed by atoms with Crippen LogP contribution in [0, 0.1) is 0 Å². The predicted molar refractivity (Wildman–Crippen MR) is 109 cm³/mol. The maximum atomic E-state index is 6.23. The molecule has 0 saturated heterocycles. The van der Waals surface area contributed by atoms with Gasteiger partial charge in [0.05, 0.1) is 11.8 Å². The van der Waals surface area contributed by atoms with E-state index in [1.807, 2.05) is 66.7 Å². The summed E-state index contributed by atoms with van der Waals surface area (Å²) in [5.74, 6) is 1.33. The maximum absolute atomic E-state index is 6.23. The van der Waals surface area contributed by atoms with Crippen molar-refractivity contribution in [3.8, 4) is 22.7 Å². The zero-order valence-corrected chi connectivity index (χ0v) is 15.5.